The molecule has 0 radical (unpaired) electrons. The Kier molecular flexibility index (Phi) is 15.8. The standard InChI is InChI=1S/C9H16N3O13P3.3Na/c10-7-1-2-12(9(14)11-7)8-3-5(13)6(23-8)4-22-27(18,19)25-28(20,21)24-26(15,16)17;;;/h1-2,5-6,8,13H,3-4H2,(H,18,19)(H,20,21)(H2,10,11,14)(H2,15,16,17);;;/q;3*+1/p-3. The van der Waals surface area contributed by atoms with Crippen LogP contribution in [0, 0.1) is 0 Å². The first-order valence-corrected chi connectivity index (χ1v) is 11.5. The molecule has 6 unspecified atom stereocenters. The van der Waals surface area contributed by atoms with Gasteiger partial charge in [0.2, 0.25) is 0 Å². The van der Waals surface area contributed by atoms with E-state index in [0.29, 0.717) is 0 Å². The Morgan fingerprint density at radius 1 is 1.19 bits per heavy atom. The summed E-state index contributed by atoms with van der Waals surface area (Å²) in [6, 6.07) is 1.28. The second-order valence-corrected chi connectivity index (χ2v) is 9.59. The Morgan fingerprint density at radius 3 is 2.29 bits per heavy atom. The number of phosphoric ester groups is 1. The fourth-order valence-corrected chi connectivity index (χ4v) is 5.03. The fraction of sp³-hybridized carbons (Fsp3) is 0.556. The van der Waals surface area contributed by atoms with E-state index >= 15 is 0 Å². The molecule has 0 aliphatic carbocycles. The van der Waals surface area contributed by atoms with Crippen molar-refractivity contribution in [2.75, 3.05) is 12.3 Å². The van der Waals surface area contributed by atoms with Gasteiger partial charge in [-0.25, -0.2) is 13.4 Å². The molecule has 1 saturated heterocycles. The Bertz CT molecular complexity index is 928. The van der Waals surface area contributed by atoms with E-state index in [1.54, 1.807) is 0 Å². The molecule has 2 rings (SSSR count). The number of aromatic nitrogens is 2. The number of ether oxygens (including phenoxy) is 1. The number of aliphatic hydroxyl groups is 1. The van der Waals surface area contributed by atoms with Crippen LogP contribution in [0.15, 0.2) is 17.1 Å². The zero-order valence-electron chi connectivity index (χ0n) is 16.5. The first kappa shape index (κ1) is 35.2. The maximum Gasteiger partial charge on any atom is 1.00 e. The van der Waals surface area contributed by atoms with Gasteiger partial charge in [0.25, 0.3) is 23.5 Å². The molecule has 0 spiro atoms. The second-order valence-electron chi connectivity index (χ2n) is 5.30. The van der Waals surface area contributed by atoms with Crippen molar-refractivity contribution in [1.29, 1.82) is 0 Å². The summed E-state index contributed by atoms with van der Waals surface area (Å²) in [6.07, 6.45) is -2.66. The Morgan fingerprint density at radius 2 is 1.77 bits per heavy atom. The summed E-state index contributed by atoms with van der Waals surface area (Å²) in [4.78, 5) is 56.4. The summed E-state index contributed by atoms with van der Waals surface area (Å²) in [6.45, 7) is -0.955. The first-order valence-electron chi connectivity index (χ1n) is 7.09. The van der Waals surface area contributed by atoms with Crippen LogP contribution in [-0.4, -0.2) is 38.4 Å². The third-order valence-electron chi connectivity index (χ3n) is 3.17. The van der Waals surface area contributed by atoms with Gasteiger partial charge in [0.05, 0.1) is 12.7 Å². The number of hydrogen-bond donors (Lipinski definition) is 3. The number of aliphatic hydroxyl groups excluding tert-OH is 1. The Balaban J connectivity index is 0. The first-order chi connectivity index (χ1) is 12.7. The van der Waals surface area contributed by atoms with Crippen molar-refractivity contribution >= 4 is 29.3 Å². The third-order valence-corrected chi connectivity index (χ3v) is 6.86. The van der Waals surface area contributed by atoms with Crippen LogP contribution in [-0.2, 0) is 31.6 Å². The van der Waals surface area contributed by atoms with E-state index in [4.69, 9.17) is 15.4 Å². The van der Waals surface area contributed by atoms with Gasteiger partial charge in [-0.05, 0) is 6.07 Å². The van der Waals surface area contributed by atoms with Crippen LogP contribution >= 0.6 is 23.5 Å². The maximum absolute atomic E-state index is 11.7. The summed E-state index contributed by atoms with van der Waals surface area (Å²) >= 11 is 0. The molecular weight excluding hydrogens is 520 g/mol. The average molecular weight is 533 g/mol. The molecule has 0 aromatic carbocycles. The van der Waals surface area contributed by atoms with Crippen molar-refractivity contribution in [2.24, 2.45) is 0 Å². The van der Waals surface area contributed by atoms with Crippen molar-refractivity contribution in [2.45, 2.75) is 24.9 Å². The molecule has 2 heterocycles. The smallest absolute Gasteiger partial charge is 0.756 e. The molecule has 1 fully saturated rings. The molecule has 4 N–H and O–H groups in total. The zero-order valence-corrected chi connectivity index (χ0v) is 25.2. The van der Waals surface area contributed by atoms with E-state index in [9.17, 15) is 38.3 Å². The van der Waals surface area contributed by atoms with Gasteiger partial charge in [-0.15, -0.1) is 0 Å². The Labute approximate surface area is 241 Å². The molecule has 1 aromatic rings. The van der Waals surface area contributed by atoms with E-state index in [1.807, 2.05) is 0 Å². The topological polar surface area (TPSA) is 259 Å². The summed E-state index contributed by atoms with van der Waals surface area (Å²) < 4.78 is 49.9. The molecule has 22 heteroatoms. The number of nitrogen functional groups attached to an aromatic ring is 1. The predicted octanol–water partition coefficient (Wildman–Crippen LogP) is -12.1. The van der Waals surface area contributed by atoms with Crippen LogP contribution in [0.5, 0.6) is 0 Å². The molecular formula is C9H13N3Na3O13P3. The molecule has 31 heavy (non-hydrogen) atoms. The van der Waals surface area contributed by atoms with Gasteiger partial charge in [0.15, 0.2) is 0 Å². The van der Waals surface area contributed by atoms with Crippen molar-refractivity contribution in [3.63, 3.8) is 0 Å². The summed E-state index contributed by atoms with van der Waals surface area (Å²) in [5, 5.41) is 9.90. The zero-order chi connectivity index (χ0) is 21.3. The Hall–Kier alpha value is 2.01. The quantitative estimate of drug-likeness (QED) is 0.207. The van der Waals surface area contributed by atoms with Crippen LogP contribution in [0.1, 0.15) is 12.6 Å². The number of anilines is 1. The van der Waals surface area contributed by atoms with E-state index in [2.05, 4.69) is 18.1 Å². The molecule has 0 bridgehead atoms. The van der Waals surface area contributed by atoms with Crippen molar-refractivity contribution in [1.82, 2.24) is 9.55 Å². The molecule has 16 nitrogen and oxygen atoms in total. The fourth-order valence-electron chi connectivity index (χ4n) is 2.13. The van der Waals surface area contributed by atoms with Crippen LogP contribution in [0.3, 0.4) is 0 Å². The summed E-state index contributed by atoms with van der Waals surface area (Å²) in [5.74, 6) is -0.0566. The molecule has 1 aromatic heterocycles. The normalized spacial score (nSPS) is 26.2. The number of hydrogen-bond acceptors (Lipinski definition) is 14. The minimum absolute atomic E-state index is 0. The second kappa shape index (κ2) is 13.9. The van der Waals surface area contributed by atoms with Crippen LogP contribution in [0.2, 0.25) is 0 Å². The van der Waals surface area contributed by atoms with Gasteiger partial charge in [0.1, 0.15) is 18.1 Å². The predicted molar refractivity (Wildman–Crippen MR) is 80.6 cm³/mol. The molecule has 0 amide bonds. The van der Waals surface area contributed by atoms with E-state index in [1.165, 1.54) is 12.3 Å². The van der Waals surface area contributed by atoms with Gasteiger partial charge in [-0.1, -0.05) is 0 Å². The van der Waals surface area contributed by atoms with Gasteiger partial charge < -0.3 is 39.7 Å². The number of phosphoric acid groups is 3. The van der Waals surface area contributed by atoms with E-state index < -0.39 is 54.2 Å². The average Bonchev–Trinajstić information content (AvgIpc) is 2.82. The van der Waals surface area contributed by atoms with Gasteiger partial charge in [0, 0.05) is 12.6 Å². The minimum atomic E-state index is -6.03. The molecule has 6 atom stereocenters. The molecule has 0 saturated carbocycles. The minimum Gasteiger partial charge on any atom is -0.756 e. The van der Waals surface area contributed by atoms with Crippen molar-refractivity contribution < 1.29 is 145 Å². The number of nitrogens with zero attached hydrogens (tertiary/aromatic N) is 2. The largest absolute Gasteiger partial charge is 1.00 e. The van der Waals surface area contributed by atoms with Crippen LogP contribution in [0.4, 0.5) is 5.82 Å². The third kappa shape index (κ3) is 12.0. The monoisotopic (exact) mass is 533 g/mol. The van der Waals surface area contributed by atoms with Crippen molar-refractivity contribution in [3.8, 4) is 0 Å². The number of rotatable bonds is 8. The van der Waals surface area contributed by atoms with Gasteiger partial charge >= 0.3 is 94.4 Å². The maximum atomic E-state index is 11.7. The summed E-state index contributed by atoms with van der Waals surface area (Å²) in [5.41, 5.74) is 4.54. The van der Waals surface area contributed by atoms with Gasteiger partial charge in [-0.2, -0.15) is 4.98 Å². The molecule has 160 valence electrons. The number of nitrogens with two attached hydrogens (primary N) is 1. The molecule has 1 aliphatic heterocycles. The molecule has 1 aliphatic rings. The SMILES string of the molecule is Nc1ccn(C2CC(O)C(COP(=O)([O-])OP(=O)([O-])OP(=O)([O-])O)O2)c(=O)n1.[Na+].[Na+].[Na+]. The van der Waals surface area contributed by atoms with E-state index in [0.717, 1.165) is 4.57 Å². The summed E-state index contributed by atoms with van der Waals surface area (Å²) in [7, 11) is -17.6. The van der Waals surface area contributed by atoms with Gasteiger partial charge in [-0.3, -0.25) is 18.3 Å². The van der Waals surface area contributed by atoms with E-state index in [-0.39, 0.29) is 101 Å². The van der Waals surface area contributed by atoms with Crippen LogP contribution in [0.25, 0.3) is 0 Å². The van der Waals surface area contributed by atoms with Crippen molar-refractivity contribution in [3.05, 3.63) is 22.7 Å². The van der Waals surface area contributed by atoms with Crippen LogP contribution < -0.4 is 115 Å².